The minimum absolute atomic E-state index is 0.157. The Kier molecular flexibility index (Phi) is 5.70. The lowest BCUT2D eigenvalue weighted by Crippen LogP contribution is -2.28. The molecular weight excluding hydrogens is 330 g/mol. The van der Waals surface area contributed by atoms with Crippen molar-refractivity contribution in [3.05, 3.63) is 17.0 Å². The number of rotatable bonds is 6. The number of aryl methyl sites for hydroxylation is 1. The summed E-state index contributed by atoms with van der Waals surface area (Å²) in [5.74, 6) is 0.000708. The van der Waals surface area contributed by atoms with E-state index in [-0.39, 0.29) is 17.0 Å². The van der Waals surface area contributed by atoms with E-state index in [0.29, 0.717) is 17.3 Å². The number of ether oxygens (including phenoxy) is 1. The maximum Gasteiger partial charge on any atom is 0.315 e. The molecule has 1 aliphatic heterocycles. The predicted molar refractivity (Wildman–Crippen MR) is 85.3 cm³/mol. The second-order valence-electron chi connectivity index (χ2n) is 4.74. The van der Waals surface area contributed by atoms with Crippen molar-refractivity contribution in [2.45, 2.75) is 29.2 Å². The predicted octanol–water partition coefficient (Wildman–Crippen LogP) is 1.98. The number of hydrogen-bond donors (Lipinski definition) is 0. The van der Waals surface area contributed by atoms with Gasteiger partial charge in [-0.1, -0.05) is 6.92 Å². The number of nitrogens with zero attached hydrogens (tertiary/aromatic N) is 1. The molecule has 0 aliphatic carbocycles. The van der Waals surface area contributed by atoms with Crippen LogP contribution in [0.2, 0.25) is 0 Å². The monoisotopic (exact) mass is 349 g/mol. The molecule has 1 atom stereocenters. The van der Waals surface area contributed by atoms with Gasteiger partial charge < -0.3 is 4.74 Å². The van der Waals surface area contributed by atoms with Crippen LogP contribution in [0.5, 0.6) is 0 Å². The highest BCUT2D eigenvalue weighted by atomic mass is 32.2. The summed E-state index contributed by atoms with van der Waals surface area (Å²) < 4.78 is 31.6. The molecule has 1 saturated heterocycles. The third kappa shape index (κ3) is 4.00. The van der Waals surface area contributed by atoms with E-state index in [2.05, 4.69) is 4.74 Å². The van der Waals surface area contributed by atoms with Crippen LogP contribution in [-0.4, -0.2) is 49.9 Å². The molecular formula is C13H19NO4S3. The zero-order valence-corrected chi connectivity index (χ0v) is 14.5. The molecule has 0 amide bonds. The first kappa shape index (κ1) is 16.8. The van der Waals surface area contributed by atoms with Crippen LogP contribution in [0.3, 0.4) is 0 Å². The first-order valence-corrected chi connectivity index (χ1v) is 10.0. The van der Waals surface area contributed by atoms with E-state index in [4.69, 9.17) is 0 Å². The number of esters is 1. The Bertz CT molecular complexity index is 596. The third-order valence-corrected chi connectivity index (χ3v) is 8.17. The molecule has 2 rings (SSSR count). The van der Waals surface area contributed by atoms with Gasteiger partial charge in [0.1, 0.15) is 4.21 Å². The first-order chi connectivity index (χ1) is 9.97. The maximum atomic E-state index is 12.5. The maximum absolute atomic E-state index is 12.5. The molecule has 1 unspecified atom stereocenters. The Morgan fingerprint density at radius 2 is 2.29 bits per heavy atom. The van der Waals surface area contributed by atoms with Crippen LogP contribution < -0.4 is 0 Å². The zero-order valence-electron chi connectivity index (χ0n) is 12.1. The summed E-state index contributed by atoms with van der Waals surface area (Å²) in [5.41, 5.74) is 0. The molecule has 1 aliphatic rings. The summed E-state index contributed by atoms with van der Waals surface area (Å²) in [7, 11) is -2.03. The summed E-state index contributed by atoms with van der Waals surface area (Å²) in [6, 6.07) is 3.56. The molecule has 8 heteroatoms. The fourth-order valence-corrected chi connectivity index (χ4v) is 6.20. The van der Waals surface area contributed by atoms with Crippen molar-refractivity contribution in [3.63, 3.8) is 0 Å². The molecule has 21 heavy (non-hydrogen) atoms. The molecule has 1 fully saturated rings. The summed E-state index contributed by atoms with van der Waals surface area (Å²) in [5, 5.41) is 0.157. The van der Waals surface area contributed by atoms with Gasteiger partial charge in [0, 0.05) is 23.2 Å². The van der Waals surface area contributed by atoms with E-state index in [1.165, 1.54) is 34.5 Å². The van der Waals surface area contributed by atoms with E-state index in [9.17, 15) is 13.2 Å². The lowest BCUT2D eigenvalue weighted by atomic mass is 10.4. The lowest BCUT2D eigenvalue weighted by Gasteiger charge is -2.15. The van der Waals surface area contributed by atoms with Crippen LogP contribution in [0.4, 0.5) is 0 Å². The van der Waals surface area contributed by atoms with E-state index >= 15 is 0 Å². The van der Waals surface area contributed by atoms with Crippen molar-refractivity contribution in [1.82, 2.24) is 4.31 Å². The molecule has 0 spiro atoms. The number of hydrogen-bond acceptors (Lipinski definition) is 6. The van der Waals surface area contributed by atoms with Gasteiger partial charge in [-0.15, -0.1) is 23.1 Å². The van der Waals surface area contributed by atoms with Crippen LogP contribution in [-0.2, 0) is 26.0 Å². The minimum atomic E-state index is -3.38. The molecule has 0 N–H and O–H groups in total. The Balaban J connectivity index is 1.98. The standard InChI is InChI=1S/C13H19NO4S3/c1-3-10-4-5-13(20-10)21(16,17)14-7-6-11(8-14)19-9-12(15)18-2/h4-5,11H,3,6-9H2,1-2H3. The highest BCUT2D eigenvalue weighted by molar-refractivity contribution is 8.00. The van der Waals surface area contributed by atoms with E-state index < -0.39 is 10.0 Å². The van der Waals surface area contributed by atoms with Gasteiger partial charge in [0.2, 0.25) is 0 Å². The van der Waals surface area contributed by atoms with E-state index in [0.717, 1.165) is 17.7 Å². The summed E-state index contributed by atoms with van der Waals surface area (Å²) >= 11 is 2.80. The van der Waals surface area contributed by atoms with Gasteiger partial charge in [0.05, 0.1) is 12.9 Å². The molecule has 5 nitrogen and oxygen atoms in total. The third-order valence-electron chi connectivity index (χ3n) is 3.35. The average Bonchev–Trinajstić information content (AvgIpc) is 3.13. The normalized spacial score (nSPS) is 19.8. The van der Waals surface area contributed by atoms with Crippen LogP contribution in [0.15, 0.2) is 16.3 Å². The molecule has 2 heterocycles. The molecule has 0 radical (unpaired) electrons. The van der Waals surface area contributed by atoms with Crippen LogP contribution in [0, 0.1) is 0 Å². The van der Waals surface area contributed by atoms with Gasteiger partial charge in [0.15, 0.2) is 0 Å². The first-order valence-electron chi connectivity index (χ1n) is 6.74. The molecule has 0 aromatic carbocycles. The second-order valence-corrected chi connectivity index (χ2v) is 9.36. The second kappa shape index (κ2) is 7.13. The average molecular weight is 349 g/mol. The molecule has 0 bridgehead atoms. The smallest absolute Gasteiger partial charge is 0.315 e. The highest BCUT2D eigenvalue weighted by Crippen LogP contribution is 2.30. The molecule has 0 saturated carbocycles. The summed E-state index contributed by atoms with van der Waals surface area (Å²) in [6.45, 7) is 2.99. The summed E-state index contributed by atoms with van der Waals surface area (Å²) in [4.78, 5) is 12.2. The van der Waals surface area contributed by atoms with Crippen molar-refractivity contribution in [2.24, 2.45) is 0 Å². The van der Waals surface area contributed by atoms with Crippen molar-refractivity contribution < 1.29 is 17.9 Å². The van der Waals surface area contributed by atoms with Gasteiger partial charge in [-0.25, -0.2) is 8.42 Å². The van der Waals surface area contributed by atoms with Crippen molar-refractivity contribution in [2.75, 3.05) is 26.0 Å². The highest BCUT2D eigenvalue weighted by Gasteiger charge is 2.33. The van der Waals surface area contributed by atoms with Gasteiger partial charge in [-0.05, 0) is 25.0 Å². The number of thioether (sulfide) groups is 1. The Morgan fingerprint density at radius 3 is 2.90 bits per heavy atom. The van der Waals surface area contributed by atoms with E-state index in [1.54, 1.807) is 6.07 Å². The SMILES string of the molecule is CCc1ccc(S(=O)(=O)N2CCC(SCC(=O)OC)C2)s1. The molecule has 1 aromatic rings. The minimum Gasteiger partial charge on any atom is -0.468 e. The zero-order chi connectivity index (χ0) is 15.5. The van der Waals surface area contributed by atoms with Gasteiger partial charge in [-0.3, -0.25) is 4.79 Å². The van der Waals surface area contributed by atoms with Crippen molar-refractivity contribution >= 4 is 39.1 Å². The van der Waals surface area contributed by atoms with Gasteiger partial charge >= 0.3 is 5.97 Å². The fourth-order valence-electron chi connectivity index (χ4n) is 2.11. The lowest BCUT2D eigenvalue weighted by molar-refractivity contribution is -0.137. The fraction of sp³-hybridized carbons (Fsp3) is 0.615. The largest absolute Gasteiger partial charge is 0.468 e. The van der Waals surface area contributed by atoms with Crippen molar-refractivity contribution in [3.8, 4) is 0 Å². The number of thiophene rings is 1. The number of methoxy groups -OCH3 is 1. The van der Waals surface area contributed by atoms with Crippen LogP contribution in [0.1, 0.15) is 18.2 Å². The van der Waals surface area contributed by atoms with Crippen LogP contribution in [0.25, 0.3) is 0 Å². The number of carbonyl (C=O) groups excluding carboxylic acids is 1. The number of carbonyl (C=O) groups is 1. The van der Waals surface area contributed by atoms with Crippen LogP contribution >= 0.6 is 23.1 Å². The van der Waals surface area contributed by atoms with Gasteiger partial charge in [-0.2, -0.15) is 4.31 Å². The summed E-state index contributed by atoms with van der Waals surface area (Å²) in [6.07, 6.45) is 1.62. The number of sulfonamides is 1. The quantitative estimate of drug-likeness (QED) is 0.735. The van der Waals surface area contributed by atoms with E-state index in [1.807, 2.05) is 13.0 Å². The molecule has 1 aromatic heterocycles. The Hall–Kier alpha value is -0.570. The Labute approximate surface area is 133 Å². The molecule has 118 valence electrons. The van der Waals surface area contributed by atoms with Crippen molar-refractivity contribution in [1.29, 1.82) is 0 Å². The Morgan fingerprint density at radius 1 is 1.52 bits per heavy atom. The topological polar surface area (TPSA) is 63.7 Å². The van der Waals surface area contributed by atoms with Gasteiger partial charge in [0.25, 0.3) is 10.0 Å².